The third-order valence-electron chi connectivity index (χ3n) is 2.44. The van der Waals surface area contributed by atoms with E-state index in [9.17, 15) is 4.79 Å². The van der Waals surface area contributed by atoms with Crippen molar-refractivity contribution in [2.45, 2.75) is 13.8 Å². The maximum atomic E-state index is 11.9. The molecule has 0 saturated carbocycles. The molecule has 1 rings (SSSR count). The third-order valence-corrected chi connectivity index (χ3v) is 2.44. The van der Waals surface area contributed by atoms with Crippen molar-refractivity contribution >= 4 is 11.6 Å². The lowest BCUT2D eigenvalue weighted by molar-refractivity contribution is -0.121. The fourth-order valence-electron chi connectivity index (χ4n) is 1.73. The predicted molar refractivity (Wildman–Crippen MR) is 69.0 cm³/mol. The van der Waals surface area contributed by atoms with E-state index in [2.05, 4.69) is 12.3 Å². The predicted octanol–water partition coefficient (Wildman–Crippen LogP) is 2.58. The zero-order chi connectivity index (χ0) is 12.8. The molecule has 0 saturated heterocycles. The third kappa shape index (κ3) is 3.06. The average Bonchev–Trinajstić information content (AvgIpc) is 2.28. The molecule has 0 spiro atoms. The lowest BCUT2D eigenvalue weighted by Crippen LogP contribution is -2.29. The lowest BCUT2D eigenvalue weighted by Gasteiger charge is -2.21. The molecule has 3 nitrogen and oxygen atoms in total. The number of ether oxygens (including phenoxy) is 1. The molecule has 0 bridgehead atoms. The van der Waals surface area contributed by atoms with Crippen LogP contribution in [0.4, 0.5) is 5.69 Å². The molecule has 90 valence electrons. The van der Waals surface area contributed by atoms with E-state index in [0.29, 0.717) is 0 Å². The van der Waals surface area contributed by atoms with Crippen molar-refractivity contribution in [3.63, 3.8) is 0 Å². The van der Waals surface area contributed by atoms with Gasteiger partial charge in [-0.2, -0.15) is 0 Å². The zero-order valence-corrected chi connectivity index (χ0v) is 10.5. The van der Waals surface area contributed by atoms with Gasteiger partial charge < -0.3 is 4.74 Å². The van der Waals surface area contributed by atoms with Crippen molar-refractivity contribution < 1.29 is 9.53 Å². The first-order valence-electron chi connectivity index (χ1n) is 5.35. The van der Waals surface area contributed by atoms with Gasteiger partial charge in [0.25, 0.3) is 5.91 Å². The van der Waals surface area contributed by atoms with Crippen molar-refractivity contribution in [3.05, 3.63) is 47.8 Å². The van der Waals surface area contributed by atoms with Gasteiger partial charge >= 0.3 is 0 Å². The highest BCUT2D eigenvalue weighted by molar-refractivity contribution is 5.97. The van der Waals surface area contributed by atoms with Crippen LogP contribution in [0.2, 0.25) is 0 Å². The number of carbonyl (C=O) groups is 1. The van der Waals surface area contributed by atoms with Gasteiger partial charge in [0.2, 0.25) is 0 Å². The Morgan fingerprint density at radius 1 is 1.47 bits per heavy atom. The van der Waals surface area contributed by atoms with Crippen LogP contribution < -0.4 is 4.90 Å². The monoisotopic (exact) mass is 231 g/mol. The van der Waals surface area contributed by atoms with E-state index in [1.165, 1.54) is 18.2 Å². The highest BCUT2D eigenvalue weighted by Gasteiger charge is 2.16. The summed E-state index contributed by atoms with van der Waals surface area (Å²) in [6.07, 6.45) is 1.54. The molecule has 0 radical (unpaired) electrons. The first-order chi connectivity index (χ1) is 8.11. The molecule has 0 aromatic heterocycles. The molecule has 0 atom stereocenters. The molecule has 0 aliphatic heterocycles. The van der Waals surface area contributed by atoms with Crippen molar-refractivity contribution in [2.24, 2.45) is 0 Å². The van der Waals surface area contributed by atoms with Crippen molar-refractivity contribution in [2.75, 3.05) is 18.6 Å². The molecule has 0 aliphatic carbocycles. The van der Waals surface area contributed by atoms with Crippen LogP contribution in [0.1, 0.15) is 11.1 Å². The van der Waals surface area contributed by atoms with Crippen molar-refractivity contribution in [1.29, 1.82) is 0 Å². The van der Waals surface area contributed by atoms with Gasteiger partial charge in [-0.3, -0.25) is 9.69 Å². The summed E-state index contributed by atoms with van der Waals surface area (Å²) < 4.78 is 4.87. The van der Waals surface area contributed by atoms with Crippen LogP contribution in [0.15, 0.2) is 36.7 Å². The lowest BCUT2D eigenvalue weighted by atomic mass is 10.1. The van der Waals surface area contributed by atoms with Crippen LogP contribution in [0.5, 0.6) is 0 Å². The molecule has 0 fully saturated rings. The number of benzene rings is 1. The summed E-state index contributed by atoms with van der Waals surface area (Å²) in [6, 6.07) is 5.89. The summed E-state index contributed by atoms with van der Waals surface area (Å²) in [4.78, 5) is 13.5. The van der Waals surface area contributed by atoms with E-state index in [-0.39, 0.29) is 12.5 Å². The normalized spacial score (nSPS) is 9.59. The summed E-state index contributed by atoms with van der Waals surface area (Å²) in [7, 11) is 1.50. The Kier molecular flexibility index (Phi) is 4.70. The van der Waals surface area contributed by atoms with E-state index in [0.717, 1.165) is 16.8 Å². The average molecular weight is 231 g/mol. The highest BCUT2D eigenvalue weighted by atomic mass is 16.5. The van der Waals surface area contributed by atoms with Crippen molar-refractivity contribution in [1.82, 2.24) is 0 Å². The molecular formula is C14H17NO2. The first kappa shape index (κ1) is 13.2. The number of para-hydroxylation sites is 1. The van der Waals surface area contributed by atoms with Gasteiger partial charge in [-0.05, 0) is 25.0 Å². The molecule has 0 N–H and O–H groups in total. The van der Waals surface area contributed by atoms with E-state index in [4.69, 9.17) is 4.74 Å². The van der Waals surface area contributed by atoms with Crippen LogP contribution in [0.25, 0.3) is 0 Å². The SMILES string of the molecule is C=C=CN(C(=O)COC)c1c(C)cccc1C. The highest BCUT2D eigenvalue weighted by Crippen LogP contribution is 2.24. The van der Waals surface area contributed by atoms with Crippen LogP contribution in [0, 0.1) is 13.8 Å². The zero-order valence-electron chi connectivity index (χ0n) is 10.5. The second-order valence-electron chi connectivity index (χ2n) is 3.77. The molecule has 17 heavy (non-hydrogen) atoms. The second-order valence-corrected chi connectivity index (χ2v) is 3.77. The minimum atomic E-state index is -0.138. The van der Waals surface area contributed by atoms with Crippen LogP contribution in [-0.2, 0) is 9.53 Å². The number of nitrogens with zero attached hydrogens (tertiary/aromatic N) is 1. The Morgan fingerprint density at radius 3 is 2.53 bits per heavy atom. The number of methoxy groups -OCH3 is 1. The van der Waals surface area contributed by atoms with Gasteiger partial charge in [0.15, 0.2) is 0 Å². The number of amides is 1. The maximum Gasteiger partial charge on any atom is 0.257 e. The van der Waals surface area contributed by atoms with Crippen molar-refractivity contribution in [3.8, 4) is 0 Å². The topological polar surface area (TPSA) is 29.5 Å². The Balaban J connectivity index is 3.23. The van der Waals surface area contributed by atoms with Crippen LogP contribution in [0.3, 0.4) is 0 Å². The summed E-state index contributed by atoms with van der Waals surface area (Å²) in [5.74, 6) is -0.138. The Labute approximate surface area is 102 Å². The number of carbonyl (C=O) groups excluding carboxylic acids is 1. The van der Waals surface area contributed by atoms with E-state index in [1.807, 2.05) is 32.0 Å². The van der Waals surface area contributed by atoms with E-state index < -0.39 is 0 Å². The van der Waals surface area contributed by atoms with Gasteiger partial charge in [-0.1, -0.05) is 24.8 Å². The standard InChI is InChI=1S/C14H17NO2/c1-5-9-15(13(16)10-17-4)14-11(2)7-6-8-12(14)3/h6-9H,1,10H2,2-4H3. The molecule has 1 amide bonds. The van der Waals surface area contributed by atoms with Gasteiger partial charge in [0.1, 0.15) is 6.61 Å². The number of rotatable bonds is 4. The van der Waals surface area contributed by atoms with Crippen LogP contribution in [-0.4, -0.2) is 19.6 Å². The van der Waals surface area contributed by atoms with Gasteiger partial charge in [0, 0.05) is 7.11 Å². The maximum absolute atomic E-state index is 11.9. The molecule has 1 aromatic rings. The molecule has 3 heteroatoms. The van der Waals surface area contributed by atoms with Gasteiger partial charge in [-0.15, -0.1) is 5.73 Å². The molecule has 0 unspecified atom stereocenters. The van der Waals surface area contributed by atoms with E-state index in [1.54, 1.807) is 0 Å². The Bertz CT molecular complexity index is 439. The summed E-state index contributed by atoms with van der Waals surface area (Å²) in [5.41, 5.74) is 5.56. The largest absolute Gasteiger partial charge is 0.375 e. The minimum Gasteiger partial charge on any atom is -0.375 e. The summed E-state index contributed by atoms with van der Waals surface area (Å²) >= 11 is 0. The first-order valence-corrected chi connectivity index (χ1v) is 5.35. The second kappa shape index (κ2) is 6.04. The molecule has 0 aliphatic rings. The Hall–Kier alpha value is -1.83. The molecule has 1 aromatic carbocycles. The summed E-state index contributed by atoms with van der Waals surface area (Å²) in [6.45, 7) is 7.48. The quantitative estimate of drug-likeness (QED) is 0.745. The fraction of sp³-hybridized carbons (Fsp3) is 0.286. The number of aryl methyl sites for hydroxylation is 2. The molecule has 0 heterocycles. The van der Waals surface area contributed by atoms with Gasteiger partial charge in [0.05, 0.1) is 11.9 Å². The number of anilines is 1. The molecular weight excluding hydrogens is 214 g/mol. The number of hydrogen-bond donors (Lipinski definition) is 0. The fourth-order valence-corrected chi connectivity index (χ4v) is 1.73. The van der Waals surface area contributed by atoms with Crippen LogP contribution >= 0.6 is 0 Å². The summed E-state index contributed by atoms with van der Waals surface area (Å²) in [5, 5.41) is 0. The van der Waals surface area contributed by atoms with E-state index >= 15 is 0 Å². The number of hydrogen-bond acceptors (Lipinski definition) is 2. The smallest absolute Gasteiger partial charge is 0.257 e. The minimum absolute atomic E-state index is 0.0337. The van der Waals surface area contributed by atoms with Gasteiger partial charge in [-0.25, -0.2) is 0 Å². The Morgan fingerprint density at radius 2 is 2.06 bits per heavy atom.